The molecular weight excluding hydrogens is 242 g/mol. The van der Waals surface area contributed by atoms with Gasteiger partial charge in [-0.3, -0.25) is 0 Å². The third-order valence-electron chi connectivity index (χ3n) is 4.66. The van der Waals surface area contributed by atoms with Crippen molar-refractivity contribution in [2.45, 2.75) is 33.1 Å². The standard InChI is InChI=1S/C15H27NO3/c1-12-3-4-14(13(2)9-12)11-19-15(17)10-16-5-7-18-8-6-16/h12-14H,3-11H2,1-2H3/p+1/t12-,13+,14+/m0/s1. The van der Waals surface area contributed by atoms with Gasteiger partial charge in [-0.05, 0) is 30.6 Å². The fraction of sp³-hybridized carbons (Fsp3) is 0.933. The second-order valence-electron chi connectivity index (χ2n) is 6.38. The molecule has 4 heteroatoms. The van der Waals surface area contributed by atoms with Gasteiger partial charge in [0.2, 0.25) is 0 Å². The van der Waals surface area contributed by atoms with E-state index in [4.69, 9.17) is 9.47 Å². The zero-order valence-corrected chi connectivity index (χ0v) is 12.3. The molecule has 2 fully saturated rings. The second-order valence-corrected chi connectivity index (χ2v) is 6.38. The van der Waals surface area contributed by atoms with Crippen LogP contribution in [0.15, 0.2) is 0 Å². The van der Waals surface area contributed by atoms with Gasteiger partial charge in [0.1, 0.15) is 13.1 Å². The Kier molecular flexibility index (Phi) is 5.64. The van der Waals surface area contributed by atoms with Crippen LogP contribution in [0.3, 0.4) is 0 Å². The Bertz CT molecular complexity index is 289. The van der Waals surface area contributed by atoms with Crippen molar-refractivity contribution >= 4 is 5.97 Å². The molecule has 1 aliphatic carbocycles. The lowest BCUT2D eigenvalue weighted by molar-refractivity contribution is -0.900. The molecular formula is C15H28NO3+. The van der Waals surface area contributed by atoms with Gasteiger partial charge in [0.05, 0.1) is 19.8 Å². The number of nitrogens with one attached hydrogen (secondary N) is 1. The highest BCUT2D eigenvalue weighted by atomic mass is 16.5. The average Bonchev–Trinajstić information content (AvgIpc) is 2.39. The fourth-order valence-electron chi connectivity index (χ4n) is 3.27. The van der Waals surface area contributed by atoms with Crippen molar-refractivity contribution in [3.8, 4) is 0 Å². The number of hydrogen-bond acceptors (Lipinski definition) is 3. The number of rotatable bonds is 4. The highest BCUT2D eigenvalue weighted by Gasteiger charge is 2.27. The van der Waals surface area contributed by atoms with Crippen molar-refractivity contribution in [2.75, 3.05) is 39.5 Å². The molecule has 0 unspecified atom stereocenters. The van der Waals surface area contributed by atoms with E-state index in [-0.39, 0.29) is 5.97 Å². The lowest BCUT2D eigenvalue weighted by atomic mass is 9.76. The molecule has 1 aliphatic heterocycles. The summed E-state index contributed by atoms with van der Waals surface area (Å²) in [7, 11) is 0. The summed E-state index contributed by atoms with van der Waals surface area (Å²) in [6.45, 7) is 9.11. The van der Waals surface area contributed by atoms with Crippen LogP contribution in [-0.4, -0.2) is 45.4 Å². The number of morpholine rings is 1. The number of esters is 1. The number of quaternary nitrogens is 1. The quantitative estimate of drug-likeness (QED) is 0.757. The molecule has 2 aliphatic rings. The summed E-state index contributed by atoms with van der Waals surface area (Å²) in [5.41, 5.74) is 0. The molecule has 0 aromatic rings. The van der Waals surface area contributed by atoms with Crippen molar-refractivity contribution in [3.05, 3.63) is 0 Å². The van der Waals surface area contributed by atoms with Gasteiger partial charge in [0.15, 0.2) is 6.54 Å². The molecule has 19 heavy (non-hydrogen) atoms. The summed E-state index contributed by atoms with van der Waals surface area (Å²) >= 11 is 0. The van der Waals surface area contributed by atoms with E-state index < -0.39 is 0 Å². The molecule has 1 heterocycles. The zero-order valence-electron chi connectivity index (χ0n) is 12.3. The largest absolute Gasteiger partial charge is 0.461 e. The molecule has 0 bridgehead atoms. The molecule has 0 radical (unpaired) electrons. The van der Waals surface area contributed by atoms with E-state index in [9.17, 15) is 4.79 Å². The average molecular weight is 270 g/mol. The van der Waals surface area contributed by atoms with Gasteiger partial charge in [-0.25, -0.2) is 4.79 Å². The summed E-state index contributed by atoms with van der Waals surface area (Å²) in [6, 6.07) is 0. The second kappa shape index (κ2) is 7.25. The molecule has 110 valence electrons. The van der Waals surface area contributed by atoms with E-state index >= 15 is 0 Å². The fourth-order valence-corrected chi connectivity index (χ4v) is 3.27. The zero-order chi connectivity index (χ0) is 13.7. The summed E-state index contributed by atoms with van der Waals surface area (Å²) < 4.78 is 10.8. The Labute approximate surface area is 116 Å². The Hall–Kier alpha value is -0.610. The minimum Gasteiger partial charge on any atom is -0.461 e. The lowest BCUT2D eigenvalue weighted by Gasteiger charge is -2.32. The number of ether oxygens (including phenoxy) is 2. The smallest absolute Gasteiger partial charge is 0.361 e. The predicted octanol–water partition coefficient (Wildman–Crippen LogP) is 0.517. The van der Waals surface area contributed by atoms with Crippen LogP contribution in [0.2, 0.25) is 0 Å². The molecule has 2 rings (SSSR count). The van der Waals surface area contributed by atoms with Crippen molar-refractivity contribution in [2.24, 2.45) is 17.8 Å². The normalized spacial score (nSPS) is 33.1. The molecule has 1 N–H and O–H groups in total. The number of hydrogen-bond donors (Lipinski definition) is 1. The van der Waals surface area contributed by atoms with Gasteiger partial charge in [-0.1, -0.05) is 20.3 Å². The van der Waals surface area contributed by atoms with E-state index in [1.165, 1.54) is 24.2 Å². The maximum atomic E-state index is 11.8. The van der Waals surface area contributed by atoms with E-state index in [1.54, 1.807) is 0 Å². The Morgan fingerprint density at radius 3 is 2.68 bits per heavy atom. The molecule has 3 atom stereocenters. The van der Waals surface area contributed by atoms with Crippen molar-refractivity contribution in [1.82, 2.24) is 0 Å². The minimum atomic E-state index is -0.0391. The maximum Gasteiger partial charge on any atom is 0.361 e. The third-order valence-corrected chi connectivity index (χ3v) is 4.66. The van der Waals surface area contributed by atoms with Gasteiger partial charge < -0.3 is 14.4 Å². The van der Waals surface area contributed by atoms with Gasteiger partial charge in [0, 0.05) is 0 Å². The van der Waals surface area contributed by atoms with Gasteiger partial charge in [0.25, 0.3) is 0 Å². The molecule has 0 aromatic carbocycles. The Morgan fingerprint density at radius 1 is 1.26 bits per heavy atom. The topological polar surface area (TPSA) is 40.0 Å². The van der Waals surface area contributed by atoms with Crippen LogP contribution in [0.5, 0.6) is 0 Å². The summed E-state index contributed by atoms with van der Waals surface area (Å²) in [5.74, 6) is 2.05. The van der Waals surface area contributed by atoms with Crippen LogP contribution in [-0.2, 0) is 14.3 Å². The minimum absolute atomic E-state index is 0.0391. The molecule has 1 saturated heterocycles. The van der Waals surface area contributed by atoms with Crippen LogP contribution in [0, 0.1) is 17.8 Å². The van der Waals surface area contributed by atoms with Gasteiger partial charge in [-0.2, -0.15) is 0 Å². The van der Waals surface area contributed by atoms with Crippen molar-refractivity contribution < 1.29 is 19.2 Å². The van der Waals surface area contributed by atoms with Crippen LogP contribution in [0.1, 0.15) is 33.1 Å². The van der Waals surface area contributed by atoms with E-state index in [1.807, 2.05) is 0 Å². The molecule has 1 saturated carbocycles. The number of carbonyl (C=O) groups is 1. The van der Waals surface area contributed by atoms with Gasteiger partial charge in [-0.15, -0.1) is 0 Å². The van der Waals surface area contributed by atoms with Crippen LogP contribution < -0.4 is 4.90 Å². The molecule has 0 aromatic heterocycles. The first-order valence-corrected chi connectivity index (χ1v) is 7.72. The maximum absolute atomic E-state index is 11.8. The Balaban J connectivity index is 1.65. The predicted molar refractivity (Wildman–Crippen MR) is 73.0 cm³/mol. The summed E-state index contributed by atoms with van der Waals surface area (Å²) in [4.78, 5) is 13.1. The highest BCUT2D eigenvalue weighted by molar-refractivity contribution is 5.70. The monoisotopic (exact) mass is 270 g/mol. The third kappa shape index (κ3) is 4.77. The van der Waals surface area contributed by atoms with E-state index in [2.05, 4.69) is 13.8 Å². The van der Waals surface area contributed by atoms with Crippen LogP contribution >= 0.6 is 0 Å². The SMILES string of the molecule is C[C@H]1CC[C@H](COC(=O)C[NH+]2CCOCC2)[C@H](C)C1. The summed E-state index contributed by atoms with van der Waals surface area (Å²) in [6.07, 6.45) is 3.76. The molecule has 0 spiro atoms. The highest BCUT2D eigenvalue weighted by Crippen LogP contribution is 2.33. The molecule has 4 nitrogen and oxygen atoms in total. The van der Waals surface area contributed by atoms with Gasteiger partial charge >= 0.3 is 5.97 Å². The first-order chi connectivity index (χ1) is 9.15. The first-order valence-electron chi connectivity index (χ1n) is 7.72. The van der Waals surface area contributed by atoms with Crippen LogP contribution in [0.25, 0.3) is 0 Å². The summed E-state index contributed by atoms with van der Waals surface area (Å²) in [5, 5.41) is 0. The molecule has 0 amide bonds. The van der Waals surface area contributed by atoms with Crippen molar-refractivity contribution in [3.63, 3.8) is 0 Å². The van der Waals surface area contributed by atoms with E-state index in [0.29, 0.717) is 25.0 Å². The lowest BCUT2D eigenvalue weighted by Crippen LogP contribution is -3.15. The van der Waals surface area contributed by atoms with Crippen LogP contribution in [0.4, 0.5) is 0 Å². The van der Waals surface area contributed by atoms with Crippen molar-refractivity contribution in [1.29, 1.82) is 0 Å². The number of carbonyl (C=O) groups excluding carboxylic acids is 1. The van der Waals surface area contributed by atoms with E-state index in [0.717, 1.165) is 32.2 Å². The first kappa shape index (κ1) is 14.8. The Morgan fingerprint density at radius 2 is 2.00 bits per heavy atom.